The lowest BCUT2D eigenvalue weighted by molar-refractivity contribution is -0.128. The molecule has 0 radical (unpaired) electrons. The Bertz CT molecular complexity index is 293. The molecule has 1 rings (SSSR count). The number of nitrogens with one attached hydrogen (secondary N) is 1. The van der Waals surface area contributed by atoms with Crippen molar-refractivity contribution in [3.63, 3.8) is 0 Å². The number of carbonyl (C=O) groups is 1. The Kier molecular flexibility index (Phi) is 6.27. The number of carbonyl (C=O) groups excluding carboxylic acids is 1. The molecule has 0 bridgehead atoms. The van der Waals surface area contributed by atoms with E-state index in [2.05, 4.69) is 45.1 Å². The van der Waals surface area contributed by atoms with Crippen LogP contribution in [0.3, 0.4) is 0 Å². The first-order valence-electron chi connectivity index (χ1n) is 7.52. The summed E-state index contributed by atoms with van der Waals surface area (Å²) in [6.07, 6.45) is 2.88. The smallest absolute Gasteiger partial charge is 0.223 e. The van der Waals surface area contributed by atoms with Crippen LogP contribution in [0.1, 0.15) is 40.0 Å². The van der Waals surface area contributed by atoms with Crippen LogP contribution < -0.4 is 11.1 Å². The van der Waals surface area contributed by atoms with Crippen molar-refractivity contribution >= 4 is 5.91 Å². The second kappa shape index (κ2) is 7.25. The van der Waals surface area contributed by atoms with Gasteiger partial charge in [-0.25, -0.2) is 0 Å². The molecule has 3 N–H and O–H groups in total. The second-order valence-corrected chi connectivity index (χ2v) is 6.70. The lowest BCUT2D eigenvalue weighted by atomic mass is 9.72. The molecule has 1 saturated carbocycles. The van der Waals surface area contributed by atoms with E-state index in [4.69, 9.17) is 5.73 Å². The molecule has 0 saturated heterocycles. The van der Waals surface area contributed by atoms with Crippen molar-refractivity contribution < 1.29 is 4.79 Å². The Morgan fingerprint density at radius 1 is 1.32 bits per heavy atom. The first-order valence-corrected chi connectivity index (χ1v) is 7.52. The van der Waals surface area contributed by atoms with Gasteiger partial charge >= 0.3 is 0 Å². The number of hydrogen-bond acceptors (Lipinski definition) is 3. The Morgan fingerprint density at radius 2 is 1.95 bits per heavy atom. The minimum atomic E-state index is 0.0907. The van der Waals surface area contributed by atoms with Gasteiger partial charge < -0.3 is 16.0 Å². The van der Waals surface area contributed by atoms with Crippen LogP contribution in [-0.4, -0.2) is 43.5 Å². The van der Waals surface area contributed by atoms with Gasteiger partial charge in [-0.3, -0.25) is 4.79 Å². The van der Waals surface area contributed by atoms with Gasteiger partial charge in [-0.15, -0.1) is 0 Å². The van der Waals surface area contributed by atoms with Crippen molar-refractivity contribution in [1.82, 2.24) is 10.2 Å². The fourth-order valence-electron chi connectivity index (χ4n) is 2.92. The summed E-state index contributed by atoms with van der Waals surface area (Å²) in [7, 11) is 4.11. The number of amides is 1. The molecule has 0 spiro atoms. The topological polar surface area (TPSA) is 58.4 Å². The van der Waals surface area contributed by atoms with E-state index < -0.39 is 0 Å². The third kappa shape index (κ3) is 5.11. The van der Waals surface area contributed by atoms with Crippen molar-refractivity contribution in [1.29, 1.82) is 0 Å². The molecule has 0 heterocycles. The third-order valence-corrected chi connectivity index (χ3v) is 4.42. The maximum atomic E-state index is 12.3. The molecule has 0 aromatic heterocycles. The Balaban J connectivity index is 2.44. The summed E-state index contributed by atoms with van der Waals surface area (Å²) in [5.74, 6) is 1.26. The van der Waals surface area contributed by atoms with E-state index in [1.165, 1.54) is 0 Å². The van der Waals surface area contributed by atoms with Crippen LogP contribution >= 0.6 is 0 Å². The SMILES string of the molecule is CC(CCN(C)C)NC(=O)C1CC(N)C(C)CC1C. The monoisotopic (exact) mass is 269 g/mol. The van der Waals surface area contributed by atoms with E-state index in [-0.39, 0.29) is 23.9 Å². The first-order chi connectivity index (χ1) is 8.81. The summed E-state index contributed by atoms with van der Waals surface area (Å²) in [6, 6.07) is 0.404. The highest BCUT2D eigenvalue weighted by Crippen LogP contribution is 2.33. The summed E-state index contributed by atoms with van der Waals surface area (Å²) in [6.45, 7) is 7.45. The lowest BCUT2D eigenvalue weighted by Gasteiger charge is -2.36. The van der Waals surface area contributed by atoms with Gasteiger partial charge in [-0.2, -0.15) is 0 Å². The maximum absolute atomic E-state index is 12.3. The highest BCUT2D eigenvalue weighted by molar-refractivity contribution is 5.79. The van der Waals surface area contributed by atoms with Crippen molar-refractivity contribution in [3.8, 4) is 0 Å². The van der Waals surface area contributed by atoms with Gasteiger partial charge in [0.25, 0.3) is 0 Å². The van der Waals surface area contributed by atoms with E-state index in [1.54, 1.807) is 0 Å². The molecule has 5 atom stereocenters. The normalized spacial score (nSPS) is 33.2. The van der Waals surface area contributed by atoms with Crippen molar-refractivity contribution in [2.45, 2.75) is 52.1 Å². The van der Waals surface area contributed by atoms with E-state index in [9.17, 15) is 4.79 Å². The minimum absolute atomic E-state index is 0.0907. The average Bonchev–Trinajstić information content (AvgIpc) is 2.31. The fraction of sp³-hybridized carbons (Fsp3) is 0.933. The number of nitrogens with zero attached hydrogens (tertiary/aromatic N) is 1. The van der Waals surface area contributed by atoms with Gasteiger partial charge in [-0.1, -0.05) is 13.8 Å². The average molecular weight is 269 g/mol. The van der Waals surface area contributed by atoms with Gasteiger partial charge in [0, 0.05) is 18.0 Å². The summed E-state index contributed by atoms with van der Waals surface area (Å²) >= 11 is 0. The Labute approximate surface area is 118 Å². The zero-order valence-electron chi connectivity index (χ0n) is 13.1. The molecule has 1 aliphatic rings. The lowest BCUT2D eigenvalue weighted by Crippen LogP contribution is -2.47. The molecule has 112 valence electrons. The summed E-state index contributed by atoms with van der Waals surface area (Å²) in [5.41, 5.74) is 6.11. The molecular weight excluding hydrogens is 238 g/mol. The molecule has 1 fully saturated rings. The van der Waals surface area contributed by atoms with Crippen LogP contribution in [0, 0.1) is 17.8 Å². The number of rotatable bonds is 5. The standard InChI is InChI=1S/C15H31N3O/c1-10-8-11(2)14(16)9-13(10)15(19)17-12(3)6-7-18(4)5/h10-14H,6-9,16H2,1-5H3,(H,17,19). The van der Waals surface area contributed by atoms with Gasteiger partial charge in [0.1, 0.15) is 0 Å². The van der Waals surface area contributed by atoms with Crippen molar-refractivity contribution in [2.75, 3.05) is 20.6 Å². The third-order valence-electron chi connectivity index (χ3n) is 4.42. The van der Waals surface area contributed by atoms with E-state index in [0.717, 1.165) is 25.8 Å². The largest absolute Gasteiger partial charge is 0.353 e. The van der Waals surface area contributed by atoms with Crippen LogP contribution in [0.25, 0.3) is 0 Å². The van der Waals surface area contributed by atoms with Crippen LogP contribution in [0.15, 0.2) is 0 Å². The molecule has 1 amide bonds. The maximum Gasteiger partial charge on any atom is 0.223 e. The highest BCUT2D eigenvalue weighted by atomic mass is 16.1. The van der Waals surface area contributed by atoms with Crippen molar-refractivity contribution in [3.05, 3.63) is 0 Å². The van der Waals surface area contributed by atoms with Gasteiger partial charge in [0.15, 0.2) is 0 Å². The predicted molar refractivity (Wildman–Crippen MR) is 79.8 cm³/mol. The van der Waals surface area contributed by atoms with E-state index in [1.807, 2.05) is 0 Å². The van der Waals surface area contributed by atoms with Crippen LogP contribution in [0.5, 0.6) is 0 Å². The van der Waals surface area contributed by atoms with Crippen LogP contribution in [-0.2, 0) is 4.79 Å². The van der Waals surface area contributed by atoms with Crippen LogP contribution in [0.4, 0.5) is 0 Å². The van der Waals surface area contributed by atoms with Gasteiger partial charge in [-0.05, 0) is 58.7 Å². The Morgan fingerprint density at radius 3 is 2.53 bits per heavy atom. The molecule has 4 heteroatoms. The minimum Gasteiger partial charge on any atom is -0.353 e. The predicted octanol–water partition coefficient (Wildman–Crippen LogP) is 1.45. The molecule has 0 aliphatic heterocycles. The first kappa shape index (κ1) is 16.4. The second-order valence-electron chi connectivity index (χ2n) is 6.70. The molecule has 4 nitrogen and oxygen atoms in total. The van der Waals surface area contributed by atoms with Gasteiger partial charge in [0.05, 0.1) is 0 Å². The summed E-state index contributed by atoms with van der Waals surface area (Å²) in [5, 5.41) is 3.15. The zero-order chi connectivity index (χ0) is 14.6. The Hall–Kier alpha value is -0.610. The molecule has 0 aromatic carbocycles. The van der Waals surface area contributed by atoms with Crippen LogP contribution in [0.2, 0.25) is 0 Å². The molecule has 5 unspecified atom stereocenters. The molecular formula is C15H31N3O. The highest BCUT2D eigenvalue weighted by Gasteiger charge is 2.35. The summed E-state index contributed by atoms with van der Waals surface area (Å²) < 4.78 is 0. The number of hydrogen-bond donors (Lipinski definition) is 2. The zero-order valence-corrected chi connectivity index (χ0v) is 13.1. The molecule has 19 heavy (non-hydrogen) atoms. The van der Waals surface area contributed by atoms with E-state index >= 15 is 0 Å². The molecule has 0 aromatic rings. The summed E-state index contributed by atoms with van der Waals surface area (Å²) in [4.78, 5) is 14.5. The van der Waals surface area contributed by atoms with Gasteiger partial charge in [0.2, 0.25) is 5.91 Å². The molecule has 1 aliphatic carbocycles. The quantitative estimate of drug-likeness (QED) is 0.794. The van der Waals surface area contributed by atoms with E-state index in [0.29, 0.717) is 11.8 Å². The van der Waals surface area contributed by atoms with Crippen molar-refractivity contribution in [2.24, 2.45) is 23.5 Å². The fourth-order valence-corrected chi connectivity index (χ4v) is 2.92. The number of nitrogens with two attached hydrogens (primary N) is 1.